The lowest BCUT2D eigenvalue weighted by atomic mass is 9.82. The number of rotatable bonds is 6. The molecule has 1 atom stereocenters. The summed E-state index contributed by atoms with van der Waals surface area (Å²) < 4.78 is 1.66. The first-order valence-corrected chi connectivity index (χ1v) is 6.14. The van der Waals surface area contributed by atoms with Gasteiger partial charge in [-0.15, -0.1) is 5.10 Å². The summed E-state index contributed by atoms with van der Waals surface area (Å²) in [6.45, 7) is 11.3. The second-order valence-electron chi connectivity index (χ2n) is 5.59. The Morgan fingerprint density at radius 3 is 2.76 bits per heavy atom. The number of aliphatic hydroxyl groups excluding tert-OH is 1. The zero-order valence-electron chi connectivity index (χ0n) is 11.3. The number of aliphatic hydroxyl groups is 1. The summed E-state index contributed by atoms with van der Waals surface area (Å²) in [5.41, 5.74) is 1.24. The van der Waals surface area contributed by atoms with Crippen molar-refractivity contribution in [2.24, 2.45) is 11.3 Å². The average Bonchev–Trinajstić information content (AvgIpc) is 2.65. The first-order chi connectivity index (χ1) is 7.93. The SMILES string of the molecule is CC(CNCc1cn(CCO)nn1)C(C)(C)C. The van der Waals surface area contributed by atoms with Crippen LogP contribution < -0.4 is 5.32 Å². The van der Waals surface area contributed by atoms with Gasteiger partial charge in [-0.1, -0.05) is 32.9 Å². The van der Waals surface area contributed by atoms with Crippen molar-refractivity contribution in [2.45, 2.75) is 40.8 Å². The van der Waals surface area contributed by atoms with Gasteiger partial charge in [0, 0.05) is 12.7 Å². The molecule has 5 nitrogen and oxygen atoms in total. The number of hydrogen-bond acceptors (Lipinski definition) is 4. The van der Waals surface area contributed by atoms with E-state index >= 15 is 0 Å². The molecule has 0 fully saturated rings. The van der Waals surface area contributed by atoms with Crippen LogP contribution in [0.3, 0.4) is 0 Å². The van der Waals surface area contributed by atoms with E-state index in [0.29, 0.717) is 17.9 Å². The van der Waals surface area contributed by atoms with Gasteiger partial charge in [0.05, 0.1) is 18.8 Å². The molecular weight excluding hydrogens is 216 g/mol. The summed E-state index contributed by atoms with van der Waals surface area (Å²) in [4.78, 5) is 0. The average molecular weight is 240 g/mol. The zero-order chi connectivity index (χ0) is 12.9. The Kier molecular flexibility index (Phi) is 5.08. The van der Waals surface area contributed by atoms with Crippen molar-refractivity contribution < 1.29 is 5.11 Å². The van der Waals surface area contributed by atoms with E-state index in [-0.39, 0.29) is 6.61 Å². The van der Waals surface area contributed by atoms with Crippen molar-refractivity contribution in [1.82, 2.24) is 20.3 Å². The van der Waals surface area contributed by atoms with E-state index in [9.17, 15) is 0 Å². The first-order valence-electron chi connectivity index (χ1n) is 6.14. The monoisotopic (exact) mass is 240 g/mol. The van der Waals surface area contributed by atoms with Gasteiger partial charge < -0.3 is 10.4 Å². The summed E-state index contributed by atoms with van der Waals surface area (Å²) in [7, 11) is 0. The molecule has 0 spiro atoms. The molecule has 0 aliphatic heterocycles. The zero-order valence-corrected chi connectivity index (χ0v) is 11.3. The van der Waals surface area contributed by atoms with Crippen molar-refractivity contribution >= 4 is 0 Å². The molecule has 0 saturated heterocycles. The molecule has 1 aromatic rings. The van der Waals surface area contributed by atoms with Crippen LogP contribution in [0.1, 0.15) is 33.4 Å². The van der Waals surface area contributed by atoms with Crippen LogP contribution in [0, 0.1) is 11.3 Å². The first kappa shape index (κ1) is 14.1. The normalized spacial score (nSPS) is 13.9. The lowest BCUT2D eigenvalue weighted by Crippen LogP contribution is -2.29. The highest BCUT2D eigenvalue weighted by Crippen LogP contribution is 2.24. The van der Waals surface area contributed by atoms with Gasteiger partial charge in [-0.25, -0.2) is 4.68 Å². The van der Waals surface area contributed by atoms with E-state index < -0.39 is 0 Å². The maximum atomic E-state index is 8.76. The molecule has 1 heterocycles. The van der Waals surface area contributed by atoms with Gasteiger partial charge in [0.2, 0.25) is 0 Å². The van der Waals surface area contributed by atoms with Gasteiger partial charge in [0.25, 0.3) is 0 Å². The van der Waals surface area contributed by atoms with Crippen LogP contribution in [0.2, 0.25) is 0 Å². The van der Waals surface area contributed by atoms with Gasteiger partial charge in [0.1, 0.15) is 0 Å². The Labute approximate surface area is 103 Å². The Morgan fingerprint density at radius 1 is 1.47 bits per heavy atom. The lowest BCUT2D eigenvalue weighted by Gasteiger charge is -2.27. The molecule has 0 aliphatic carbocycles. The predicted molar refractivity (Wildman–Crippen MR) is 67.4 cm³/mol. The molecule has 0 radical (unpaired) electrons. The fraction of sp³-hybridized carbons (Fsp3) is 0.833. The second-order valence-corrected chi connectivity index (χ2v) is 5.59. The van der Waals surface area contributed by atoms with Crippen molar-refractivity contribution in [3.05, 3.63) is 11.9 Å². The molecule has 0 saturated carbocycles. The Morgan fingerprint density at radius 2 is 2.18 bits per heavy atom. The van der Waals surface area contributed by atoms with E-state index in [0.717, 1.165) is 18.8 Å². The highest BCUT2D eigenvalue weighted by molar-refractivity contribution is 4.91. The highest BCUT2D eigenvalue weighted by atomic mass is 16.3. The summed E-state index contributed by atoms with van der Waals surface area (Å²) in [6.07, 6.45) is 1.87. The van der Waals surface area contributed by atoms with Crippen LogP contribution in [0.25, 0.3) is 0 Å². The van der Waals surface area contributed by atoms with Crippen molar-refractivity contribution in [3.63, 3.8) is 0 Å². The van der Waals surface area contributed by atoms with Gasteiger partial charge in [-0.3, -0.25) is 0 Å². The largest absolute Gasteiger partial charge is 0.394 e. The summed E-state index contributed by atoms with van der Waals surface area (Å²) >= 11 is 0. The molecule has 0 bridgehead atoms. The quantitative estimate of drug-likeness (QED) is 0.780. The molecule has 98 valence electrons. The number of hydrogen-bond donors (Lipinski definition) is 2. The summed E-state index contributed by atoms with van der Waals surface area (Å²) in [5.74, 6) is 0.606. The highest BCUT2D eigenvalue weighted by Gasteiger charge is 2.19. The maximum absolute atomic E-state index is 8.76. The van der Waals surface area contributed by atoms with Gasteiger partial charge in [-0.2, -0.15) is 0 Å². The molecule has 1 rings (SSSR count). The molecule has 1 aromatic heterocycles. The van der Waals surface area contributed by atoms with Crippen molar-refractivity contribution in [2.75, 3.05) is 13.2 Å². The molecule has 0 aromatic carbocycles. The molecule has 2 N–H and O–H groups in total. The minimum absolute atomic E-state index is 0.0945. The minimum atomic E-state index is 0.0945. The van der Waals surface area contributed by atoms with Gasteiger partial charge in [0.15, 0.2) is 0 Å². The summed E-state index contributed by atoms with van der Waals surface area (Å²) in [5, 5.41) is 20.1. The van der Waals surface area contributed by atoms with Gasteiger partial charge >= 0.3 is 0 Å². The lowest BCUT2D eigenvalue weighted by molar-refractivity contribution is 0.252. The van der Waals surface area contributed by atoms with Crippen molar-refractivity contribution in [3.8, 4) is 0 Å². The van der Waals surface area contributed by atoms with E-state index in [4.69, 9.17) is 5.11 Å². The van der Waals surface area contributed by atoms with Crippen LogP contribution in [0.4, 0.5) is 0 Å². The Bertz CT molecular complexity index is 329. The molecule has 17 heavy (non-hydrogen) atoms. The predicted octanol–water partition coefficient (Wildman–Crippen LogP) is 1.04. The van der Waals surface area contributed by atoms with E-state index in [1.54, 1.807) is 4.68 Å². The fourth-order valence-electron chi connectivity index (χ4n) is 1.35. The molecule has 1 unspecified atom stereocenters. The number of nitrogens with zero attached hydrogens (tertiary/aromatic N) is 3. The molecule has 0 aliphatic rings. The second kappa shape index (κ2) is 6.12. The Balaban J connectivity index is 2.30. The van der Waals surface area contributed by atoms with Crippen LogP contribution in [-0.2, 0) is 13.1 Å². The molecular formula is C12H24N4O. The Hall–Kier alpha value is -0.940. The molecule has 0 amide bonds. The van der Waals surface area contributed by atoms with Gasteiger partial charge in [-0.05, 0) is 17.9 Å². The van der Waals surface area contributed by atoms with Crippen LogP contribution in [0.15, 0.2) is 6.20 Å². The smallest absolute Gasteiger partial charge is 0.0964 e. The third-order valence-electron chi connectivity index (χ3n) is 3.15. The van der Waals surface area contributed by atoms with Crippen LogP contribution in [-0.4, -0.2) is 33.3 Å². The minimum Gasteiger partial charge on any atom is -0.394 e. The summed E-state index contributed by atoms with van der Waals surface area (Å²) in [6, 6.07) is 0. The standard InChI is InChI=1S/C12H24N4O/c1-10(12(2,3)4)7-13-8-11-9-16(5-6-17)15-14-11/h9-10,13,17H,5-8H2,1-4H3. The topological polar surface area (TPSA) is 63.0 Å². The molecule has 5 heteroatoms. The fourth-order valence-corrected chi connectivity index (χ4v) is 1.35. The number of nitrogens with one attached hydrogen (secondary N) is 1. The maximum Gasteiger partial charge on any atom is 0.0964 e. The van der Waals surface area contributed by atoms with E-state index in [1.807, 2.05) is 6.20 Å². The van der Waals surface area contributed by atoms with Crippen LogP contribution >= 0.6 is 0 Å². The van der Waals surface area contributed by atoms with E-state index in [1.165, 1.54) is 0 Å². The van der Waals surface area contributed by atoms with Crippen molar-refractivity contribution in [1.29, 1.82) is 0 Å². The van der Waals surface area contributed by atoms with E-state index in [2.05, 4.69) is 43.3 Å². The number of aromatic nitrogens is 3. The third-order valence-corrected chi connectivity index (χ3v) is 3.15. The third kappa shape index (κ3) is 4.83. The van der Waals surface area contributed by atoms with Crippen LogP contribution in [0.5, 0.6) is 0 Å².